The van der Waals surface area contributed by atoms with Crippen LogP contribution in [-0.4, -0.2) is 75.3 Å². The van der Waals surface area contributed by atoms with Crippen LogP contribution < -0.4 is 10.6 Å². The fourth-order valence-corrected chi connectivity index (χ4v) is 8.52. The number of aromatic nitrogens is 2. The Kier molecular flexibility index (Phi) is 8.40. The van der Waals surface area contributed by atoms with E-state index in [-0.39, 0.29) is 65.3 Å². The standard InChI is InChI=1S/C31H31ClF5N5O2S/c1-4-25(43)42-16(2)12-40(13-17(42)3)29-20-9-21(31(35,36)37)26(19-10-22(32)24(34)11-23(19)33)28-27(20)41(30(44)38-29)14-18(15-45-28)39-7-5-6-8-39/h4,9-11,16-18H,1,5-8,12-15H2,2-3H3/t16-,17+,18-/m0/s1. The molecular formula is C31H31ClF5N5O2S. The second-order valence-corrected chi connectivity index (χ2v) is 13.3. The van der Waals surface area contributed by atoms with Crippen LogP contribution in [0.4, 0.5) is 27.8 Å². The van der Waals surface area contributed by atoms with Gasteiger partial charge in [-0.05, 0) is 58.0 Å². The maximum Gasteiger partial charge on any atom is 0.417 e. The van der Waals surface area contributed by atoms with Gasteiger partial charge in [-0.2, -0.15) is 18.2 Å². The Morgan fingerprint density at radius 1 is 1.07 bits per heavy atom. The van der Waals surface area contributed by atoms with Crippen LogP contribution in [0.1, 0.15) is 32.3 Å². The van der Waals surface area contributed by atoms with E-state index in [2.05, 4.69) is 16.5 Å². The van der Waals surface area contributed by atoms with Gasteiger partial charge in [-0.15, -0.1) is 11.8 Å². The minimum absolute atomic E-state index is 0.0606. The highest BCUT2D eigenvalue weighted by atomic mass is 35.5. The van der Waals surface area contributed by atoms with Crippen molar-refractivity contribution in [1.82, 2.24) is 19.4 Å². The maximum absolute atomic E-state index is 15.4. The van der Waals surface area contributed by atoms with Crippen molar-refractivity contribution in [2.45, 2.75) is 62.4 Å². The lowest BCUT2D eigenvalue weighted by molar-refractivity contribution is -0.137. The van der Waals surface area contributed by atoms with Gasteiger partial charge in [-0.25, -0.2) is 13.6 Å². The molecule has 0 saturated carbocycles. The van der Waals surface area contributed by atoms with Gasteiger partial charge in [0.15, 0.2) is 0 Å². The molecule has 0 aliphatic carbocycles. The van der Waals surface area contributed by atoms with Gasteiger partial charge in [0, 0.05) is 71.0 Å². The first-order valence-corrected chi connectivity index (χ1v) is 16.1. The molecule has 6 rings (SSSR count). The van der Waals surface area contributed by atoms with Crippen molar-refractivity contribution >= 4 is 46.0 Å². The number of likely N-dealkylation sites (tertiary alicyclic amines) is 1. The monoisotopic (exact) mass is 667 g/mol. The molecule has 1 amide bonds. The zero-order valence-electron chi connectivity index (χ0n) is 24.6. The second kappa shape index (κ2) is 11.9. The summed E-state index contributed by atoms with van der Waals surface area (Å²) in [7, 11) is 0. The van der Waals surface area contributed by atoms with Crippen LogP contribution in [0.25, 0.3) is 22.0 Å². The van der Waals surface area contributed by atoms with Gasteiger partial charge in [0.25, 0.3) is 0 Å². The van der Waals surface area contributed by atoms with E-state index in [1.54, 1.807) is 9.80 Å². The lowest BCUT2D eigenvalue weighted by Gasteiger charge is -2.44. The molecule has 4 heterocycles. The molecular weight excluding hydrogens is 637 g/mol. The molecule has 14 heteroatoms. The Morgan fingerprint density at radius 3 is 2.36 bits per heavy atom. The lowest BCUT2D eigenvalue weighted by Crippen LogP contribution is -2.58. The number of benzene rings is 2. The molecule has 3 aliphatic heterocycles. The van der Waals surface area contributed by atoms with E-state index >= 15 is 4.39 Å². The van der Waals surface area contributed by atoms with E-state index in [4.69, 9.17) is 11.6 Å². The SMILES string of the molecule is C=CC(=O)N1[C@H](C)CN(c2nc(=O)n3c4c(c(-c5cc(Cl)c(F)cc5F)c(C(F)(F)F)cc24)SC[C@@H](N2CCCC2)C3)C[C@@H]1C. The number of piperazine rings is 1. The van der Waals surface area contributed by atoms with Crippen molar-refractivity contribution in [1.29, 1.82) is 0 Å². The first-order chi connectivity index (χ1) is 21.3. The van der Waals surface area contributed by atoms with Crippen LogP contribution in [0.5, 0.6) is 0 Å². The summed E-state index contributed by atoms with van der Waals surface area (Å²) in [4.78, 5) is 36.4. The second-order valence-electron chi connectivity index (χ2n) is 11.9. The predicted octanol–water partition coefficient (Wildman–Crippen LogP) is 6.20. The van der Waals surface area contributed by atoms with Crippen molar-refractivity contribution in [3.05, 3.63) is 63.6 Å². The summed E-state index contributed by atoms with van der Waals surface area (Å²) in [6, 6.07) is 1.35. The fraction of sp³-hybridized carbons (Fsp3) is 0.452. The van der Waals surface area contributed by atoms with Crippen LogP contribution in [0.2, 0.25) is 5.02 Å². The van der Waals surface area contributed by atoms with Crippen LogP contribution in [0.15, 0.2) is 40.5 Å². The number of halogens is 6. The zero-order valence-corrected chi connectivity index (χ0v) is 26.2. The predicted molar refractivity (Wildman–Crippen MR) is 165 cm³/mol. The summed E-state index contributed by atoms with van der Waals surface area (Å²) < 4.78 is 75.9. The van der Waals surface area contributed by atoms with Crippen LogP contribution >= 0.6 is 23.4 Å². The molecule has 0 bridgehead atoms. The molecule has 7 nitrogen and oxygen atoms in total. The van der Waals surface area contributed by atoms with E-state index in [0.717, 1.165) is 49.8 Å². The number of alkyl halides is 3. The van der Waals surface area contributed by atoms with Gasteiger partial charge < -0.3 is 9.80 Å². The van der Waals surface area contributed by atoms with Gasteiger partial charge >= 0.3 is 11.9 Å². The summed E-state index contributed by atoms with van der Waals surface area (Å²) in [6.45, 7) is 9.37. The Morgan fingerprint density at radius 2 is 1.73 bits per heavy atom. The first kappa shape index (κ1) is 31.8. The molecule has 2 aromatic carbocycles. The Balaban J connectivity index is 1.64. The molecule has 3 aromatic rings. The Labute approximate surface area is 265 Å². The average molecular weight is 668 g/mol. The smallest absolute Gasteiger partial charge is 0.352 e. The van der Waals surface area contributed by atoms with Gasteiger partial charge in [-0.1, -0.05) is 18.2 Å². The topological polar surface area (TPSA) is 61.7 Å². The third-order valence-electron chi connectivity index (χ3n) is 8.90. The molecule has 0 N–H and O–H groups in total. The van der Waals surface area contributed by atoms with Crippen molar-refractivity contribution in [2.24, 2.45) is 0 Å². The van der Waals surface area contributed by atoms with Crippen LogP contribution in [-0.2, 0) is 17.5 Å². The van der Waals surface area contributed by atoms with E-state index < -0.39 is 45.2 Å². The summed E-state index contributed by atoms with van der Waals surface area (Å²) in [6.07, 6.45) is -1.81. The summed E-state index contributed by atoms with van der Waals surface area (Å²) in [5, 5.41) is -0.435. The van der Waals surface area contributed by atoms with E-state index in [9.17, 15) is 27.2 Å². The van der Waals surface area contributed by atoms with Gasteiger partial charge in [0.05, 0.1) is 16.1 Å². The number of hydrogen-bond donors (Lipinski definition) is 0. The quantitative estimate of drug-likeness (QED) is 0.188. The van der Waals surface area contributed by atoms with E-state index in [1.807, 2.05) is 13.8 Å². The summed E-state index contributed by atoms with van der Waals surface area (Å²) in [5.74, 6) is -2.17. The molecule has 2 saturated heterocycles. The lowest BCUT2D eigenvalue weighted by atomic mass is 9.95. The number of carbonyl (C=O) groups is 1. The minimum atomic E-state index is -4.96. The molecule has 0 spiro atoms. The van der Waals surface area contributed by atoms with Crippen LogP contribution in [0.3, 0.4) is 0 Å². The van der Waals surface area contributed by atoms with E-state index in [0.29, 0.717) is 11.8 Å². The molecule has 0 radical (unpaired) electrons. The Bertz CT molecular complexity index is 1750. The van der Waals surface area contributed by atoms with Gasteiger partial charge in [0.1, 0.15) is 17.5 Å². The third-order valence-corrected chi connectivity index (χ3v) is 10.4. The number of thioether (sulfide) groups is 1. The maximum atomic E-state index is 15.4. The highest BCUT2D eigenvalue weighted by molar-refractivity contribution is 7.99. The number of carbonyl (C=O) groups excluding carboxylic acids is 1. The molecule has 240 valence electrons. The highest BCUT2D eigenvalue weighted by Crippen LogP contribution is 2.49. The number of rotatable bonds is 4. The van der Waals surface area contributed by atoms with Crippen molar-refractivity contribution < 1.29 is 26.7 Å². The zero-order chi connectivity index (χ0) is 32.4. The van der Waals surface area contributed by atoms with Gasteiger partial charge in [-0.3, -0.25) is 14.3 Å². The van der Waals surface area contributed by atoms with Crippen LogP contribution in [0, 0.1) is 11.6 Å². The third kappa shape index (κ3) is 5.61. The average Bonchev–Trinajstić information content (AvgIpc) is 3.43. The molecule has 3 atom stereocenters. The first-order valence-electron chi connectivity index (χ1n) is 14.7. The normalized spacial score (nSPS) is 22.6. The van der Waals surface area contributed by atoms with E-state index in [1.165, 1.54) is 10.6 Å². The van der Waals surface area contributed by atoms with Crippen molar-refractivity contribution in [2.75, 3.05) is 36.8 Å². The minimum Gasteiger partial charge on any atom is -0.352 e. The molecule has 3 aliphatic rings. The molecule has 0 unspecified atom stereocenters. The largest absolute Gasteiger partial charge is 0.417 e. The number of anilines is 1. The number of nitrogens with zero attached hydrogens (tertiary/aromatic N) is 5. The van der Waals surface area contributed by atoms with Gasteiger partial charge in [0.2, 0.25) is 5.91 Å². The van der Waals surface area contributed by atoms with Crippen molar-refractivity contribution in [3.63, 3.8) is 0 Å². The summed E-state index contributed by atoms with van der Waals surface area (Å²) in [5.41, 5.74) is -2.57. The molecule has 45 heavy (non-hydrogen) atoms. The fourth-order valence-electron chi connectivity index (χ4n) is 6.96. The summed E-state index contributed by atoms with van der Waals surface area (Å²) >= 11 is 7.11. The van der Waals surface area contributed by atoms with Crippen molar-refractivity contribution in [3.8, 4) is 11.1 Å². The molecule has 2 fully saturated rings. The highest BCUT2D eigenvalue weighted by Gasteiger charge is 2.41. The molecule has 1 aromatic heterocycles. The Hall–Kier alpha value is -3.16. The number of amides is 1. The number of hydrogen-bond acceptors (Lipinski definition) is 6.